The summed E-state index contributed by atoms with van der Waals surface area (Å²) < 4.78 is 0. The molecule has 1 saturated heterocycles. The Hall–Kier alpha value is -2.02. The summed E-state index contributed by atoms with van der Waals surface area (Å²) >= 11 is 0. The average molecular weight is 263 g/mol. The Labute approximate surface area is 121 Å². The van der Waals surface area contributed by atoms with Crippen molar-refractivity contribution in [1.82, 2.24) is 4.90 Å². The third-order valence-electron chi connectivity index (χ3n) is 4.04. The second kappa shape index (κ2) is 5.96. The first-order chi connectivity index (χ1) is 9.84. The van der Waals surface area contributed by atoms with Gasteiger partial charge in [0.1, 0.15) is 0 Å². The molecule has 0 saturated carbocycles. The van der Waals surface area contributed by atoms with Gasteiger partial charge in [0.25, 0.3) is 0 Å². The number of rotatable bonds is 3. The van der Waals surface area contributed by atoms with Gasteiger partial charge in [0.2, 0.25) is 0 Å². The SMILES string of the molecule is C=C(c1cccc(-c2ccccc2)c1)N1CCCCC1. The van der Waals surface area contributed by atoms with Gasteiger partial charge in [-0.1, -0.05) is 55.1 Å². The molecule has 0 atom stereocenters. The molecule has 1 fully saturated rings. The van der Waals surface area contributed by atoms with E-state index >= 15 is 0 Å². The Bertz CT molecular complexity index is 580. The van der Waals surface area contributed by atoms with Crippen LogP contribution in [0.25, 0.3) is 16.8 Å². The van der Waals surface area contributed by atoms with Crippen LogP contribution in [-0.4, -0.2) is 18.0 Å². The van der Waals surface area contributed by atoms with Crippen LogP contribution in [0, 0.1) is 0 Å². The van der Waals surface area contributed by atoms with E-state index in [9.17, 15) is 0 Å². The molecular formula is C19H21N. The van der Waals surface area contributed by atoms with Crippen molar-refractivity contribution in [2.75, 3.05) is 13.1 Å². The minimum Gasteiger partial charge on any atom is -0.372 e. The molecule has 0 bridgehead atoms. The molecule has 1 aliphatic heterocycles. The summed E-state index contributed by atoms with van der Waals surface area (Å²) in [5.74, 6) is 0. The van der Waals surface area contributed by atoms with E-state index in [0.29, 0.717) is 0 Å². The molecule has 0 amide bonds. The van der Waals surface area contributed by atoms with E-state index in [0.717, 1.165) is 13.1 Å². The van der Waals surface area contributed by atoms with Crippen molar-refractivity contribution >= 4 is 5.70 Å². The van der Waals surface area contributed by atoms with E-state index in [1.807, 2.05) is 0 Å². The zero-order valence-corrected chi connectivity index (χ0v) is 11.9. The molecule has 102 valence electrons. The van der Waals surface area contributed by atoms with Gasteiger partial charge >= 0.3 is 0 Å². The molecule has 0 spiro atoms. The fourth-order valence-electron chi connectivity index (χ4n) is 2.86. The minimum atomic E-state index is 1.15. The van der Waals surface area contributed by atoms with Gasteiger partial charge in [-0.3, -0.25) is 0 Å². The summed E-state index contributed by atoms with van der Waals surface area (Å²) in [6, 6.07) is 19.3. The largest absolute Gasteiger partial charge is 0.372 e. The fourth-order valence-corrected chi connectivity index (χ4v) is 2.86. The summed E-state index contributed by atoms with van der Waals surface area (Å²) in [5.41, 5.74) is 4.94. The van der Waals surface area contributed by atoms with Crippen molar-refractivity contribution in [3.8, 4) is 11.1 Å². The summed E-state index contributed by atoms with van der Waals surface area (Å²) in [6.07, 6.45) is 3.93. The van der Waals surface area contributed by atoms with Gasteiger partial charge in [0.15, 0.2) is 0 Å². The molecule has 0 unspecified atom stereocenters. The number of benzene rings is 2. The Balaban J connectivity index is 1.85. The van der Waals surface area contributed by atoms with Crippen LogP contribution in [0.1, 0.15) is 24.8 Å². The van der Waals surface area contributed by atoms with Crippen molar-refractivity contribution in [3.63, 3.8) is 0 Å². The second-order valence-corrected chi connectivity index (χ2v) is 5.44. The number of piperidine rings is 1. The van der Waals surface area contributed by atoms with Gasteiger partial charge in [-0.25, -0.2) is 0 Å². The van der Waals surface area contributed by atoms with Crippen LogP contribution >= 0.6 is 0 Å². The highest BCUT2D eigenvalue weighted by Gasteiger charge is 2.13. The molecule has 2 aromatic rings. The predicted molar refractivity (Wildman–Crippen MR) is 86.3 cm³/mol. The first kappa shape index (κ1) is 13.0. The van der Waals surface area contributed by atoms with Crippen LogP contribution in [0.4, 0.5) is 0 Å². The smallest absolute Gasteiger partial charge is 0.0367 e. The van der Waals surface area contributed by atoms with E-state index in [4.69, 9.17) is 0 Å². The van der Waals surface area contributed by atoms with Crippen LogP contribution in [0.2, 0.25) is 0 Å². The third-order valence-corrected chi connectivity index (χ3v) is 4.04. The van der Waals surface area contributed by atoms with Gasteiger partial charge in [-0.15, -0.1) is 0 Å². The van der Waals surface area contributed by atoms with Crippen LogP contribution in [0.15, 0.2) is 61.2 Å². The van der Waals surface area contributed by atoms with Crippen molar-refractivity contribution < 1.29 is 0 Å². The van der Waals surface area contributed by atoms with Crippen molar-refractivity contribution in [2.24, 2.45) is 0 Å². The first-order valence-electron chi connectivity index (χ1n) is 7.44. The minimum absolute atomic E-state index is 1.15. The monoisotopic (exact) mass is 263 g/mol. The van der Waals surface area contributed by atoms with E-state index < -0.39 is 0 Å². The topological polar surface area (TPSA) is 3.24 Å². The average Bonchev–Trinajstić information content (AvgIpc) is 2.56. The highest BCUT2D eigenvalue weighted by atomic mass is 15.1. The maximum Gasteiger partial charge on any atom is 0.0367 e. The van der Waals surface area contributed by atoms with E-state index in [1.54, 1.807) is 0 Å². The van der Waals surface area contributed by atoms with Crippen LogP contribution in [0.3, 0.4) is 0 Å². The molecule has 0 aromatic heterocycles. The normalized spacial score (nSPS) is 15.1. The highest BCUT2D eigenvalue weighted by molar-refractivity contribution is 5.71. The number of hydrogen-bond acceptors (Lipinski definition) is 1. The van der Waals surface area contributed by atoms with Crippen LogP contribution in [-0.2, 0) is 0 Å². The Kier molecular flexibility index (Phi) is 3.87. The standard InChI is InChI=1S/C19H21N/c1-16(20-13-6-3-7-14-20)18-11-8-12-19(15-18)17-9-4-2-5-10-17/h2,4-5,8-12,15H,1,3,6-7,13-14H2. The third kappa shape index (κ3) is 2.77. The molecule has 0 radical (unpaired) electrons. The molecule has 0 N–H and O–H groups in total. The summed E-state index contributed by atoms with van der Waals surface area (Å²) in [5, 5.41) is 0. The van der Waals surface area contributed by atoms with Gasteiger partial charge in [-0.2, -0.15) is 0 Å². The van der Waals surface area contributed by atoms with Gasteiger partial charge in [0.05, 0.1) is 0 Å². The molecule has 20 heavy (non-hydrogen) atoms. The number of likely N-dealkylation sites (tertiary alicyclic amines) is 1. The highest BCUT2D eigenvalue weighted by Crippen LogP contribution is 2.26. The summed E-state index contributed by atoms with van der Waals surface area (Å²) in [7, 11) is 0. The maximum atomic E-state index is 4.31. The lowest BCUT2D eigenvalue weighted by molar-refractivity contribution is 0.326. The Morgan fingerprint density at radius 1 is 0.800 bits per heavy atom. The van der Waals surface area contributed by atoms with Crippen molar-refractivity contribution in [2.45, 2.75) is 19.3 Å². The molecule has 1 nitrogen and oxygen atoms in total. The fraction of sp³-hybridized carbons (Fsp3) is 0.263. The lowest BCUT2D eigenvalue weighted by Gasteiger charge is -2.30. The van der Waals surface area contributed by atoms with E-state index in [1.165, 1.54) is 41.6 Å². The van der Waals surface area contributed by atoms with Crippen molar-refractivity contribution in [1.29, 1.82) is 0 Å². The molecular weight excluding hydrogens is 242 g/mol. The van der Waals surface area contributed by atoms with Gasteiger partial charge in [-0.05, 0) is 42.0 Å². The zero-order chi connectivity index (χ0) is 13.8. The first-order valence-corrected chi connectivity index (χ1v) is 7.44. The molecule has 3 rings (SSSR count). The molecule has 1 heterocycles. The van der Waals surface area contributed by atoms with E-state index in [-0.39, 0.29) is 0 Å². The van der Waals surface area contributed by atoms with Gasteiger partial charge < -0.3 is 4.90 Å². The van der Waals surface area contributed by atoms with Crippen LogP contribution in [0.5, 0.6) is 0 Å². The summed E-state index contributed by atoms with van der Waals surface area (Å²) in [4.78, 5) is 2.42. The second-order valence-electron chi connectivity index (χ2n) is 5.44. The zero-order valence-electron chi connectivity index (χ0n) is 11.9. The number of nitrogens with zero attached hydrogens (tertiary/aromatic N) is 1. The van der Waals surface area contributed by atoms with Gasteiger partial charge in [0, 0.05) is 18.8 Å². The van der Waals surface area contributed by atoms with Crippen molar-refractivity contribution in [3.05, 3.63) is 66.7 Å². The molecule has 1 aliphatic rings. The molecule has 1 heteroatoms. The lowest BCUT2D eigenvalue weighted by atomic mass is 10.0. The van der Waals surface area contributed by atoms with E-state index in [2.05, 4.69) is 66.1 Å². The summed E-state index contributed by atoms with van der Waals surface area (Å²) in [6.45, 7) is 6.60. The van der Waals surface area contributed by atoms with Crippen LogP contribution < -0.4 is 0 Å². The Morgan fingerprint density at radius 3 is 2.25 bits per heavy atom. The number of hydrogen-bond donors (Lipinski definition) is 0. The maximum absolute atomic E-state index is 4.31. The molecule has 0 aliphatic carbocycles. The predicted octanol–water partition coefficient (Wildman–Crippen LogP) is 4.81. The lowest BCUT2D eigenvalue weighted by Crippen LogP contribution is -2.27. The quantitative estimate of drug-likeness (QED) is 0.768. The Morgan fingerprint density at radius 2 is 1.50 bits per heavy atom. The molecule has 2 aromatic carbocycles.